The lowest BCUT2D eigenvalue weighted by atomic mass is 9.91. The standard InChI is InChI=1S/C16H31N3O.2ClH/c1-4-13-6-5-9-19(11-13)16(2,3)12-18-15(20)14-7-8-17-10-14;;/h13-14,17H,4-12H2,1-3H3,(H,18,20);2*1H. The number of amides is 1. The highest BCUT2D eigenvalue weighted by Crippen LogP contribution is 2.25. The third-order valence-corrected chi connectivity index (χ3v) is 5.08. The second kappa shape index (κ2) is 9.96. The van der Waals surface area contributed by atoms with Gasteiger partial charge in [-0.05, 0) is 52.1 Å². The van der Waals surface area contributed by atoms with Crippen molar-refractivity contribution in [3.8, 4) is 0 Å². The smallest absolute Gasteiger partial charge is 0.224 e. The Morgan fingerprint density at radius 2 is 2.05 bits per heavy atom. The minimum absolute atomic E-state index is 0. The largest absolute Gasteiger partial charge is 0.354 e. The number of nitrogens with one attached hydrogen (secondary N) is 2. The van der Waals surface area contributed by atoms with Crippen LogP contribution in [0.2, 0.25) is 0 Å². The summed E-state index contributed by atoms with van der Waals surface area (Å²) >= 11 is 0. The van der Waals surface area contributed by atoms with Crippen LogP contribution in [0.4, 0.5) is 0 Å². The van der Waals surface area contributed by atoms with Gasteiger partial charge in [0.25, 0.3) is 0 Å². The van der Waals surface area contributed by atoms with E-state index in [1.165, 1.54) is 32.4 Å². The zero-order valence-electron chi connectivity index (χ0n) is 14.2. The molecule has 0 radical (unpaired) electrons. The van der Waals surface area contributed by atoms with Gasteiger partial charge >= 0.3 is 0 Å². The quantitative estimate of drug-likeness (QED) is 0.797. The van der Waals surface area contributed by atoms with Crippen LogP contribution >= 0.6 is 24.8 Å². The van der Waals surface area contributed by atoms with E-state index in [-0.39, 0.29) is 42.2 Å². The van der Waals surface area contributed by atoms with E-state index in [9.17, 15) is 4.79 Å². The van der Waals surface area contributed by atoms with Crippen molar-refractivity contribution in [1.29, 1.82) is 0 Å². The molecule has 2 N–H and O–H groups in total. The lowest BCUT2D eigenvalue weighted by Gasteiger charge is -2.43. The highest BCUT2D eigenvalue weighted by molar-refractivity contribution is 5.85. The summed E-state index contributed by atoms with van der Waals surface area (Å²) in [6, 6.07) is 0. The van der Waals surface area contributed by atoms with Crippen molar-refractivity contribution >= 4 is 30.7 Å². The Morgan fingerprint density at radius 3 is 2.64 bits per heavy atom. The summed E-state index contributed by atoms with van der Waals surface area (Å²) in [5.41, 5.74) is 0.0650. The molecule has 2 saturated heterocycles. The van der Waals surface area contributed by atoms with Crippen molar-refractivity contribution in [3.63, 3.8) is 0 Å². The Balaban J connectivity index is 0.00000220. The highest BCUT2D eigenvalue weighted by atomic mass is 35.5. The van der Waals surface area contributed by atoms with Gasteiger partial charge in [0, 0.05) is 25.2 Å². The molecule has 0 aromatic rings. The molecule has 0 spiro atoms. The summed E-state index contributed by atoms with van der Waals surface area (Å²) in [7, 11) is 0. The van der Waals surface area contributed by atoms with Gasteiger partial charge in [-0.1, -0.05) is 13.3 Å². The predicted octanol–water partition coefficient (Wildman–Crippen LogP) is 2.46. The minimum atomic E-state index is 0. The fourth-order valence-electron chi connectivity index (χ4n) is 3.39. The Bertz CT molecular complexity index is 333. The molecule has 2 unspecified atom stereocenters. The summed E-state index contributed by atoms with van der Waals surface area (Å²) < 4.78 is 0. The van der Waals surface area contributed by atoms with Crippen molar-refractivity contribution < 1.29 is 4.79 Å². The van der Waals surface area contributed by atoms with Crippen molar-refractivity contribution in [2.75, 3.05) is 32.7 Å². The first kappa shape index (κ1) is 22.0. The maximum absolute atomic E-state index is 12.1. The number of halogens is 2. The predicted molar refractivity (Wildman–Crippen MR) is 97.1 cm³/mol. The normalized spacial score (nSPS) is 26.0. The Hall–Kier alpha value is -0.0300. The first-order valence-corrected chi connectivity index (χ1v) is 8.26. The number of likely N-dealkylation sites (tertiary alicyclic amines) is 1. The number of rotatable bonds is 5. The van der Waals surface area contributed by atoms with Gasteiger partial charge in [0.2, 0.25) is 5.91 Å². The summed E-state index contributed by atoms with van der Waals surface area (Å²) in [6.45, 7) is 11.7. The summed E-state index contributed by atoms with van der Waals surface area (Å²) in [5, 5.41) is 6.43. The lowest BCUT2D eigenvalue weighted by molar-refractivity contribution is -0.125. The van der Waals surface area contributed by atoms with Crippen LogP contribution in [-0.2, 0) is 4.79 Å². The minimum Gasteiger partial charge on any atom is -0.354 e. The third kappa shape index (κ3) is 5.88. The monoisotopic (exact) mass is 353 g/mol. The molecule has 132 valence electrons. The molecule has 0 bridgehead atoms. The van der Waals surface area contributed by atoms with Crippen LogP contribution in [-0.4, -0.2) is 49.1 Å². The molecule has 0 aromatic heterocycles. The molecule has 6 heteroatoms. The second-order valence-electron chi connectivity index (χ2n) is 7.08. The Morgan fingerprint density at radius 1 is 1.32 bits per heavy atom. The fraction of sp³-hybridized carbons (Fsp3) is 0.938. The van der Waals surface area contributed by atoms with E-state index in [1.807, 2.05) is 0 Å². The summed E-state index contributed by atoms with van der Waals surface area (Å²) in [6.07, 6.45) is 4.91. The number of nitrogens with zero attached hydrogens (tertiary/aromatic N) is 1. The molecule has 2 atom stereocenters. The average molecular weight is 354 g/mol. The van der Waals surface area contributed by atoms with E-state index in [1.54, 1.807) is 0 Å². The SMILES string of the molecule is CCC1CCCN(C(C)(C)CNC(=O)C2CCNC2)C1.Cl.Cl. The molecular formula is C16H33Cl2N3O. The van der Waals surface area contributed by atoms with Crippen LogP contribution in [0, 0.1) is 11.8 Å². The first-order valence-electron chi connectivity index (χ1n) is 8.26. The first-order chi connectivity index (χ1) is 9.53. The fourth-order valence-corrected chi connectivity index (χ4v) is 3.39. The van der Waals surface area contributed by atoms with Gasteiger partial charge in [0.1, 0.15) is 0 Å². The maximum Gasteiger partial charge on any atom is 0.224 e. The molecule has 2 fully saturated rings. The van der Waals surface area contributed by atoms with Crippen LogP contribution in [0.5, 0.6) is 0 Å². The molecule has 2 aliphatic heterocycles. The molecule has 0 aromatic carbocycles. The molecule has 4 nitrogen and oxygen atoms in total. The topological polar surface area (TPSA) is 44.4 Å². The van der Waals surface area contributed by atoms with Gasteiger partial charge in [-0.25, -0.2) is 0 Å². The highest BCUT2D eigenvalue weighted by Gasteiger charge is 2.32. The maximum atomic E-state index is 12.1. The van der Waals surface area contributed by atoms with Gasteiger partial charge in [-0.15, -0.1) is 24.8 Å². The van der Waals surface area contributed by atoms with Gasteiger partial charge < -0.3 is 10.6 Å². The van der Waals surface area contributed by atoms with Crippen LogP contribution in [0.1, 0.15) is 46.5 Å². The van der Waals surface area contributed by atoms with E-state index in [4.69, 9.17) is 0 Å². The molecule has 2 heterocycles. The second-order valence-corrected chi connectivity index (χ2v) is 7.08. The molecule has 2 aliphatic rings. The van der Waals surface area contributed by atoms with E-state index >= 15 is 0 Å². The Labute approximate surface area is 148 Å². The average Bonchev–Trinajstić information content (AvgIpc) is 2.99. The number of carbonyl (C=O) groups is 1. The van der Waals surface area contributed by atoms with Crippen molar-refractivity contribution in [3.05, 3.63) is 0 Å². The van der Waals surface area contributed by atoms with Crippen molar-refractivity contribution in [2.45, 2.75) is 52.0 Å². The van der Waals surface area contributed by atoms with Gasteiger partial charge in [0.15, 0.2) is 0 Å². The van der Waals surface area contributed by atoms with Crippen LogP contribution in [0.3, 0.4) is 0 Å². The molecule has 0 aliphatic carbocycles. The number of hydrogen-bond acceptors (Lipinski definition) is 3. The molecule has 2 rings (SSSR count). The van der Waals surface area contributed by atoms with Gasteiger partial charge in [-0.3, -0.25) is 9.69 Å². The Kier molecular flexibility index (Phi) is 9.95. The lowest BCUT2D eigenvalue weighted by Crippen LogP contribution is -2.55. The number of hydrogen-bond donors (Lipinski definition) is 2. The molecule has 0 saturated carbocycles. The van der Waals surface area contributed by atoms with Gasteiger partial charge in [-0.2, -0.15) is 0 Å². The molecule has 22 heavy (non-hydrogen) atoms. The zero-order chi connectivity index (χ0) is 14.6. The molecule has 1 amide bonds. The van der Waals surface area contributed by atoms with Crippen LogP contribution in [0.25, 0.3) is 0 Å². The summed E-state index contributed by atoms with van der Waals surface area (Å²) in [4.78, 5) is 14.7. The summed E-state index contributed by atoms with van der Waals surface area (Å²) in [5.74, 6) is 1.24. The van der Waals surface area contributed by atoms with Crippen LogP contribution < -0.4 is 10.6 Å². The van der Waals surface area contributed by atoms with Crippen molar-refractivity contribution in [1.82, 2.24) is 15.5 Å². The van der Waals surface area contributed by atoms with E-state index in [2.05, 4.69) is 36.3 Å². The van der Waals surface area contributed by atoms with Crippen LogP contribution in [0.15, 0.2) is 0 Å². The van der Waals surface area contributed by atoms with E-state index < -0.39 is 0 Å². The van der Waals surface area contributed by atoms with Crippen molar-refractivity contribution in [2.24, 2.45) is 11.8 Å². The van der Waals surface area contributed by atoms with E-state index in [0.29, 0.717) is 0 Å². The van der Waals surface area contributed by atoms with Gasteiger partial charge in [0.05, 0.1) is 5.92 Å². The third-order valence-electron chi connectivity index (χ3n) is 5.08. The number of piperidine rings is 1. The zero-order valence-corrected chi connectivity index (χ0v) is 15.8. The number of carbonyl (C=O) groups excluding carboxylic acids is 1. The van der Waals surface area contributed by atoms with E-state index in [0.717, 1.165) is 32.0 Å². The molecular weight excluding hydrogens is 321 g/mol.